The van der Waals surface area contributed by atoms with Crippen LogP contribution in [0.1, 0.15) is 18.4 Å². The molecule has 0 atom stereocenters. The van der Waals surface area contributed by atoms with Crippen molar-refractivity contribution in [2.75, 3.05) is 26.2 Å². The molecule has 0 radical (unpaired) electrons. The first-order chi connectivity index (χ1) is 11.1. The first-order valence-corrected chi connectivity index (χ1v) is 7.68. The highest BCUT2D eigenvalue weighted by atomic mass is 16.6. The Morgan fingerprint density at radius 3 is 2.83 bits per heavy atom. The molecular formula is C16H20N4O3. The summed E-state index contributed by atoms with van der Waals surface area (Å²) in [6.07, 6.45) is 2.09. The monoisotopic (exact) mass is 316 g/mol. The summed E-state index contributed by atoms with van der Waals surface area (Å²) in [5.74, 6) is 0.309. The molecule has 0 unspecified atom stereocenters. The van der Waals surface area contributed by atoms with Crippen molar-refractivity contribution in [1.29, 1.82) is 5.26 Å². The van der Waals surface area contributed by atoms with Crippen LogP contribution in [0.15, 0.2) is 24.3 Å². The molecule has 7 nitrogen and oxygen atoms in total. The summed E-state index contributed by atoms with van der Waals surface area (Å²) in [4.78, 5) is 24.3. The third kappa shape index (κ3) is 5.34. The number of hydrogen-bond acceptors (Lipinski definition) is 5. The molecule has 0 bridgehead atoms. The fraction of sp³-hybridized carbons (Fsp3) is 0.500. The molecule has 1 saturated heterocycles. The standard InChI is InChI=1S/C16H20N4O3/c17-6-9-19-7-4-13(5-8-19)12-18-16(21)11-14-2-1-3-15(10-14)20(22)23/h1-3,10,13H,4-5,7-9,11-12H2,(H,18,21). The smallest absolute Gasteiger partial charge is 0.269 e. The van der Waals surface area contributed by atoms with Crippen molar-refractivity contribution in [3.05, 3.63) is 39.9 Å². The van der Waals surface area contributed by atoms with Gasteiger partial charge < -0.3 is 5.32 Å². The third-order valence-electron chi connectivity index (χ3n) is 4.08. The second-order valence-corrected chi connectivity index (χ2v) is 5.79. The molecule has 0 aliphatic carbocycles. The van der Waals surface area contributed by atoms with Gasteiger partial charge in [0.15, 0.2) is 0 Å². The van der Waals surface area contributed by atoms with E-state index in [0.29, 0.717) is 24.6 Å². The molecule has 1 aliphatic rings. The Kier molecular flexibility index (Phi) is 6.06. The highest BCUT2D eigenvalue weighted by Crippen LogP contribution is 2.16. The molecule has 1 heterocycles. The lowest BCUT2D eigenvalue weighted by molar-refractivity contribution is -0.384. The lowest BCUT2D eigenvalue weighted by atomic mass is 9.96. The fourth-order valence-electron chi connectivity index (χ4n) is 2.73. The van der Waals surface area contributed by atoms with E-state index in [2.05, 4.69) is 16.3 Å². The Hall–Kier alpha value is -2.46. The number of nitrogens with zero attached hydrogens (tertiary/aromatic N) is 3. The minimum atomic E-state index is -0.462. The molecule has 1 N–H and O–H groups in total. The van der Waals surface area contributed by atoms with Crippen molar-refractivity contribution in [2.45, 2.75) is 19.3 Å². The van der Waals surface area contributed by atoms with Crippen molar-refractivity contribution in [3.8, 4) is 6.07 Å². The van der Waals surface area contributed by atoms with E-state index in [0.717, 1.165) is 25.9 Å². The minimum Gasteiger partial charge on any atom is -0.356 e. The molecule has 122 valence electrons. The Labute approximate surface area is 135 Å². The van der Waals surface area contributed by atoms with Crippen LogP contribution in [0.2, 0.25) is 0 Å². The molecule has 23 heavy (non-hydrogen) atoms. The summed E-state index contributed by atoms with van der Waals surface area (Å²) < 4.78 is 0. The number of rotatable bonds is 6. The summed E-state index contributed by atoms with van der Waals surface area (Å²) in [6, 6.07) is 8.30. The van der Waals surface area contributed by atoms with Crippen LogP contribution in [-0.2, 0) is 11.2 Å². The molecule has 0 saturated carbocycles. The van der Waals surface area contributed by atoms with Crippen LogP contribution in [0.4, 0.5) is 5.69 Å². The molecule has 0 spiro atoms. The Balaban J connectivity index is 1.75. The summed E-state index contributed by atoms with van der Waals surface area (Å²) in [5.41, 5.74) is 0.640. The maximum absolute atomic E-state index is 12.0. The van der Waals surface area contributed by atoms with Gasteiger partial charge in [0.1, 0.15) is 0 Å². The van der Waals surface area contributed by atoms with Crippen LogP contribution in [-0.4, -0.2) is 41.9 Å². The molecule has 0 aromatic heterocycles. The minimum absolute atomic E-state index is 0.000153. The lowest BCUT2D eigenvalue weighted by Gasteiger charge is -2.30. The highest BCUT2D eigenvalue weighted by Gasteiger charge is 2.19. The molecule has 1 amide bonds. The topological polar surface area (TPSA) is 99.3 Å². The first-order valence-electron chi connectivity index (χ1n) is 7.68. The summed E-state index contributed by atoms with van der Waals surface area (Å²) in [5, 5.41) is 22.3. The number of nitriles is 1. The average Bonchev–Trinajstić information content (AvgIpc) is 2.55. The number of hydrogen-bond donors (Lipinski definition) is 1. The van der Waals surface area contributed by atoms with E-state index in [4.69, 9.17) is 5.26 Å². The van der Waals surface area contributed by atoms with Gasteiger partial charge in [-0.1, -0.05) is 12.1 Å². The maximum atomic E-state index is 12.0. The quantitative estimate of drug-likeness (QED) is 0.487. The SMILES string of the molecule is N#CCN1CCC(CNC(=O)Cc2cccc([N+](=O)[O-])c2)CC1. The fourth-order valence-corrected chi connectivity index (χ4v) is 2.73. The summed E-state index contributed by atoms with van der Waals surface area (Å²) >= 11 is 0. The predicted octanol–water partition coefficient (Wildman–Crippen LogP) is 1.49. The number of carbonyl (C=O) groups excluding carboxylic acids is 1. The van der Waals surface area contributed by atoms with Gasteiger partial charge in [-0.2, -0.15) is 5.26 Å². The van der Waals surface area contributed by atoms with Gasteiger partial charge in [-0.05, 0) is 37.4 Å². The highest BCUT2D eigenvalue weighted by molar-refractivity contribution is 5.78. The van der Waals surface area contributed by atoms with Gasteiger partial charge in [0.05, 0.1) is 24.0 Å². The van der Waals surface area contributed by atoms with Gasteiger partial charge in [0.25, 0.3) is 5.69 Å². The van der Waals surface area contributed by atoms with E-state index in [9.17, 15) is 14.9 Å². The van der Waals surface area contributed by atoms with Gasteiger partial charge in [-0.25, -0.2) is 0 Å². The van der Waals surface area contributed by atoms with E-state index in [1.807, 2.05) is 0 Å². The van der Waals surface area contributed by atoms with Crippen molar-refractivity contribution in [1.82, 2.24) is 10.2 Å². The van der Waals surface area contributed by atoms with Gasteiger partial charge in [0.2, 0.25) is 5.91 Å². The molecule has 1 aromatic rings. The number of non-ortho nitro benzene ring substituents is 1. The van der Waals surface area contributed by atoms with Crippen molar-refractivity contribution in [2.24, 2.45) is 5.92 Å². The number of piperidine rings is 1. The summed E-state index contributed by atoms with van der Waals surface area (Å²) in [6.45, 7) is 2.86. The van der Waals surface area contributed by atoms with Crippen LogP contribution in [0.5, 0.6) is 0 Å². The van der Waals surface area contributed by atoms with Crippen LogP contribution in [0, 0.1) is 27.4 Å². The van der Waals surface area contributed by atoms with E-state index in [1.54, 1.807) is 12.1 Å². The lowest BCUT2D eigenvalue weighted by Crippen LogP contribution is -2.39. The van der Waals surface area contributed by atoms with Gasteiger partial charge in [-0.15, -0.1) is 0 Å². The number of amides is 1. The largest absolute Gasteiger partial charge is 0.356 e. The average molecular weight is 316 g/mol. The number of nitrogens with one attached hydrogen (secondary N) is 1. The normalized spacial score (nSPS) is 15.8. The van der Waals surface area contributed by atoms with Crippen LogP contribution >= 0.6 is 0 Å². The third-order valence-corrected chi connectivity index (χ3v) is 4.08. The molecule has 1 fully saturated rings. The van der Waals surface area contributed by atoms with Gasteiger partial charge >= 0.3 is 0 Å². The zero-order chi connectivity index (χ0) is 16.7. The van der Waals surface area contributed by atoms with Crippen LogP contribution in [0.25, 0.3) is 0 Å². The Morgan fingerprint density at radius 1 is 1.43 bits per heavy atom. The van der Waals surface area contributed by atoms with Crippen molar-refractivity contribution in [3.63, 3.8) is 0 Å². The zero-order valence-corrected chi connectivity index (χ0v) is 12.9. The van der Waals surface area contributed by atoms with Crippen LogP contribution < -0.4 is 5.32 Å². The van der Waals surface area contributed by atoms with E-state index >= 15 is 0 Å². The number of nitro groups is 1. The van der Waals surface area contributed by atoms with Crippen molar-refractivity contribution < 1.29 is 9.72 Å². The zero-order valence-electron chi connectivity index (χ0n) is 12.9. The number of nitro benzene ring substituents is 1. The molecule has 1 aliphatic heterocycles. The molecule has 1 aromatic carbocycles. The summed E-state index contributed by atoms with van der Waals surface area (Å²) in [7, 11) is 0. The number of likely N-dealkylation sites (tertiary alicyclic amines) is 1. The Bertz CT molecular complexity index is 604. The number of carbonyl (C=O) groups is 1. The van der Waals surface area contributed by atoms with E-state index < -0.39 is 4.92 Å². The van der Waals surface area contributed by atoms with Crippen molar-refractivity contribution >= 4 is 11.6 Å². The predicted molar refractivity (Wildman–Crippen MR) is 84.6 cm³/mol. The second-order valence-electron chi connectivity index (χ2n) is 5.79. The molecule has 2 rings (SSSR count). The molecule has 7 heteroatoms. The first kappa shape index (κ1) is 16.9. The van der Waals surface area contributed by atoms with Crippen LogP contribution in [0.3, 0.4) is 0 Å². The Morgan fingerprint density at radius 2 is 2.17 bits per heavy atom. The maximum Gasteiger partial charge on any atom is 0.269 e. The van der Waals surface area contributed by atoms with E-state index in [1.165, 1.54) is 12.1 Å². The van der Waals surface area contributed by atoms with Gasteiger partial charge in [0, 0.05) is 18.7 Å². The molecular weight excluding hydrogens is 296 g/mol. The van der Waals surface area contributed by atoms with Gasteiger partial charge in [-0.3, -0.25) is 19.8 Å². The second kappa shape index (κ2) is 8.25. The number of benzene rings is 1. The van der Waals surface area contributed by atoms with E-state index in [-0.39, 0.29) is 18.0 Å².